The zero-order valence-electron chi connectivity index (χ0n) is 17.4. The van der Waals surface area contributed by atoms with Crippen molar-refractivity contribution in [1.29, 1.82) is 0 Å². The van der Waals surface area contributed by atoms with Crippen LogP contribution >= 0.6 is 11.6 Å². The molecule has 31 heavy (non-hydrogen) atoms. The first-order valence-corrected chi connectivity index (χ1v) is 10.8. The fourth-order valence-corrected chi connectivity index (χ4v) is 3.97. The van der Waals surface area contributed by atoms with Crippen LogP contribution in [-0.2, 0) is 11.2 Å². The van der Waals surface area contributed by atoms with E-state index >= 15 is 0 Å². The Labute approximate surface area is 187 Å². The van der Waals surface area contributed by atoms with Gasteiger partial charge in [0.2, 0.25) is 11.8 Å². The van der Waals surface area contributed by atoms with Gasteiger partial charge in [-0.3, -0.25) is 4.79 Å². The number of anilines is 1. The molecular weight excluding hydrogens is 412 g/mol. The number of nitrogens with zero attached hydrogens (tertiary/aromatic N) is 4. The van der Waals surface area contributed by atoms with Gasteiger partial charge in [-0.1, -0.05) is 48.0 Å². The zero-order valence-corrected chi connectivity index (χ0v) is 18.2. The number of aromatic nitrogens is 2. The van der Waals surface area contributed by atoms with Gasteiger partial charge in [0, 0.05) is 43.2 Å². The highest BCUT2D eigenvalue weighted by molar-refractivity contribution is 6.30. The lowest BCUT2D eigenvalue weighted by Gasteiger charge is -2.40. The Balaban J connectivity index is 1.35. The van der Waals surface area contributed by atoms with Crippen molar-refractivity contribution in [3.05, 3.63) is 77.6 Å². The third kappa shape index (κ3) is 5.52. The highest BCUT2D eigenvalue weighted by atomic mass is 35.5. The van der Waals surface area contributed by atoms with Gasteiger partial charge in [-0.05, 0) is 37.1 Å². The van der Waals surface area contributed by atoms with Crippen molar-refractivity contribution < 1.29 is 9.53 Å². The normalized spacial score (nSPS) is 16.3. The molecule has 1 aliphatic rings. The average molecular weight is 437 g/mol. The number of carbonyl (C=O) groups excluding carboxylic acids is 1. The lowest BCUT2D eigenvalue weighted by Crippen LogP contribution is -2.54. The Bertz CT molecular complexity index is 1030. The molecular formula is C24H25ClN4O2. The standard InChI is InChI=1S/C24H25ClN4O2/c1-18-16-28(12-13-29(18)24(30)11-10-19-6-3-2-4-7-19)22-15-23(27-17-26-22)31-21-9-5-8-20(25)14-21/h2-9,14-15,17-18H,10-13,16H2,1H3/t18-/m1/s1. The molecule has 7 heteroatoms. The van der Waals surface area contributed by atoms with Gasteiger partial charge in [-0.15, -0.1) is 0 Å². The highest BCUT2D eigenvalue weighted by Gasteiger charge is 2.28. The Morgan fingerprint density at radius 1 is 1.10 bits per heavy atom. The highest BCUT2D eigenvalue weighted by Crippen LogP contribution is 2.25. The molecule has 160 valence electrons. The molecule has 2 heterocycles. The van der Waals surface area contributed by atoms with Crippen molar-refractivity contribution in [2.75, 3.05) is 24.5 Å². The van der Waals surface area contributed by atoms with Crippen molar-refractivity contribution in [3.8, 4) is 11.6 Å². The number of hydrogen-bond donors (Lipinski definition) is 0. The number of hydrogen-bond acceptors (Lipinski definition) is 5. The lowest BCUT2D eigenvalue weighted by atomic mass is 10.1. The average Bonchev–Trinajstić information content (AvgIpc) is 2.78. The van der Waals surface area contributed by atoms with Gasteiger partial charge in [-0.25, -0.2) is 9.97 Å². The smallest absolute Gasteiger partial charge is 0.224 e. The van der Waals surface area contributed by atoms with Crippen LogP contribution < -0.4 is 9.64 Å². The van der Waals surface area contributed by atoms with Crippen molar-refractivity contribution >= 4 is 23.3 Å². The van der Waals surface area contributed by atoms with Crippen molar-refractivity contribution in [1.82, 2.24) is 14.9 Å². The predicted molar refractivity (Wildman–Crippen MR) is 122 cm³/mol. The van der Waals surface area contributed by atoms with Crippen LogP contribution in [0.25, 0.3) is 0 Å². The Morgan fingerprint density at radius 2 is 1.94 bits per heavy atom. The minimum Gasteiger partial charge on any atom is -0.439 e. The summed E-state index contributed by atoms with van der Waals surface area (Å²) in [6, 6.07) is 19.2. The number of aryl methyl sites for hydroxylation is 1. The third-order valence-electron chi connectivity index (χ3n) is 5.39. The second-order valence-corrected chi connectivity index (χ2v) is 8.08. The van der Waals surface area contributed by atoms with Crippen molar-refractivity contribution in [2.24, 2.45) is 0 Å². The van der Waals surface area contributed by atoms with Crippen LogP contribution in [0.2, 0.25) is 5.02 Å². The van der Waals surface area contributed by atoms with Gasteiger partial charge in [0.1, 0.15) is 17.9 Å². The molecule has 1 aromatic heterocycles. The SMILES string of the molecule is C[C@@H]1CN(c2cc(Oc3cccc(Cl)c3)ncn2)CCN1C(=O)CCc1ccccc1. The van der Waals surface area contributed by atoms with Crippen LogP contribution in [0.5, 0.6) is 11.6 Å². The quantitative estimate of drug-likeness (QED) is 0.565. The van der Waals surface area contributed by atoms with E-state index in [1.807, 2.05) is 41.3 Å². The molecule has 0 N–H and O–H groups in total. The zero-order chi connectivity index (χ0) is 21.6. The predicted octanol–water partition coefficient (Wildman–Crippen LogP) is 4.59. The maximum Gasteiger partial charge on any atom is 0.224 e. The number of benzene rings is 2. The summed E-state index contributed by atoms with van der Waals surface area (Å²) in [7, 11) is 0. The van der Waals surface area contributed by atoms with Gasteiger partial charge in [0.25, 0.3) is 0 Å². The first-order chi connectivity index (χ1) is 15.1. The summed E-state index contributed by atoms with van der Waals surface area (Å²) >= 11 is 6.02. The van der Waals surface area contributed by atoms with E-state index < -0.39 is 0 Å². The van der Waals surface area contributed by atoms with E-state index in [4.69, 9.17) is 16.3 Å². The topological polar surface area (TPSA) is 58.6 Å². The van der Waals surface area contributed by atoms with E-state index in [1.165, 1.54) is 11.9 Å². The van der Waals surface area contributed by atoms with E-state index in [0.29, 0.717) is 36.2 Å². The minimum atomic E-state index is 0.101. The molecule has 0 bridgehead atoms. The van der Waals surface area contributed by atoms with Crippen molar-refractivity contribution in [2.45, 2.75) is 25.8 Å². The molecule has 2 aromatic carbocycles. The van der Waals surface area contributed by atoms with Crippen LogP contribution in [0.4, 0.5) is 5.82 Å². The molecule has 0 radical (unpaired) electrons. The molecule has 0 aliphatic carbocycles. The summed E-state index contributed by atoms with van der Waals surface area (Å²) in [6.07, 6.45) is 2.79. The summed E-state index contributed by atoms with van der Waals surface area (Å²) in [4.78, 5) is 25.5. The van der Waals surface area contributed by atoms with Gasteiger partial charge in [0.15, 0.2) is 0 Å². The van der Waals surface area contributed by atoms with Crippen molar-refractivity contribution in [3.63, 3.8) is 0 Å². The first-order valence-electron chi connectivity index (χ1n) is 10.4. The van der Waals surface area contributed by atoms with Crippen LogP contribution in [-0.4, -0.2) is 46.5 Å². The Morgan fingerprint density at radius 3 is 2.71 bits per heavy atom. The molecule has 1 fully saturated rings. The summed E-state index contributed by atoms with van der Waals surface area (Å²) < 4.78 is 5.82. The molecule has 1 amide bonds. The number of ether oxygens (including phenoxy) is 1. The monoisotopic (exact) mass is 436 g/mol. The molecule has 4 rings (SSSR count). The number of halogens is 1. The number of amides is 1. The van der Waals surface area contributed by atoms with E-state index in [0.717, 1.165) is 18.8 Å². The maximum atomic E-state index is 12.8. The number of rotatable bonds is 6. The molecule has 1 saturated heterocycles. The molecule has 0 saturated carbocycles. The van der Waals surface area contributed by atoms with E-state index in [2.05, 4.69) is 33.9 Å². The van der Waals surface area contributed by atoms with Gasteiger partial charge >= 0.3 is 0 Å². The van der Waals surface area contributed by atoms with Gasteiger partial charge in [-0.2, -0.15) is 0 Å². The second-order valence-electron chi connectivity index (χ2n) is 7.64. The minimum absolute atomic E-state index is 0.101. The van der Waals surface area contributed by atoms with E-state index in [1.54, 1.807) is 12.1 Å². The fourth-order valence-electron chi connectivity index (χ4n) is 3.79. The number of carbonyl (C=O) groups is 1. The largest absolute Gasteiger partial charge is 0.439 e. The Hall–Kier alpha value is -3.12. The molecule has 0 unspecified atom stereocenters. The van der Waals surface area contributed by atoms with Gasteiger partial charge in [0.05, 0.1) is 0 Å². The second kappa shape index (κ2) is 9.79. The molecule has 6 nitrogen and oxygen atoms in total. The summed E-state index contributed by atoms with van der Waals surface area (Å²) in [5.41, 5.74) is 1.19. The lowest BCUT2D eigenvalue weighted by molar-refractivity contribution is -0.133. The van der Waals surface area contributed by atoms with Crippen LogP contribution in [0.3, 0.4) is 0 Å². The Kier molecular flexibility index (Phi) is 6.67. The molecule has 1 aliphatic heterocycles. The third-order valence-corrected chi connectivity index (χ3v) is 5.62. The number of piperazine rings is 1. The molecule has 1 atom stereocenters. The van der Waals surface area contributed by atoms with Crippen LogP contribution in [0, 0.1) is 0 Å². The first kappa shape index (κ1) is 21.1. The summed E-state index contributed by atoms with van der Waals surface area (Å²) in [5, 5.41) is 0.605. The van der Waals surface area contributed by atoms with E-state index in [9.17, 15) is 4.79 Å². The summed E-state index contributed by atoms with van der Waals surface area (Å²) in [6.45, 7) is 4.18. The van der Waals surface area contributed by atoms with Gasteiger partial charge < -0.3 is 14.5 Å². The maximum absolute atomic E-state index is 12.8. The fraction of sp³-hybridized carbons (Fsp3) is 0.292. The van der Waals surface area contributed by atoms with E-state index in [-0.39, 0.29) is 11.9 Å². The van der Waals surface area contributed by atoms with Crippen LogP contribution in [0.15, 0.2) is 67.0 Å². The molecule has 0 spiro atoms. The summed E-state index contributed by atoms with van der Waals surface area (Å²) in [5.74, 6) is 2.07. The molecule has 3 aromatic rings. The van der Waals surface area contributed by atoms with Crippen LogP contribution in [0.1, 0.15) is 18.9 Å².